The molecule has 0 atom stereocenters. The fourth-order valence-corrected chi connectivity index (χ4v) is 3.20. The van der Waals surface area contributed by atoms with Gasteiger partial charge in [-0.3, -0.25) is 0 Å². The topological polar surface area (TPSA) is 28.7 Å². The van der Waals surface area contributed by atoms with Gasteiger partial charge in [0.2, 0.25) is 0 Å². The Balaban J connectivity index is 2.10. The van der Waals surface area contributed by atoms with Crippen LogP contribution in [0.25, 0.3) is 0 Å². The van der Waals surface area contributed by atoms with Crippen LogP contribution in [0.2, 0.25) is 0 Å². The largest absolute Gasteiger partial charge is 0.346 e. The minimum atomic E-state index is 1.02. The van der Waals surface area contributed by atoms with E-state index in [1.54, 1.807) is 0 Å². The Morgan fingerprint density at radius 1 is 1.36 bits per heavy atom. The fourth-order valence-electron chi connectivity index (χ4n) is 2.14. The molecule has 1 aliphatic carbocycles. The first-order valence-electron chi connectivity index (χ1n) is 4.85. The number of thiophene rings is 1. The van der Waals surface area contributed by atoms with Crippen LogP contribution < -0.4 is 0 Å². The Labute approximate surface area is 87.0 Å². The van der Waals surface area contributed by atoms with E-state index in [1.165, 1.54) is 26.7 Å². The number of nitrogens with one attached hydrogen (secondary N) is 1. The number of aryl methyl sites for hydroxylation is 2. The Hall–Kier alpha value is -1.09. The highest BCUT2D eigenvalue weighted by Crippen LogP contribution is 2.31. The van der Waals surface area contributed by atoms with Gasteiger partial charge in [-0.05, 0) is 25.5 Å². The Kier molecular flexibility index (Phi) is 1.59. The van der Waals surface area contributed by atoms with Crippen molar-refractivity contribution in [2.45, 2.75) is 26.7 Å². The Morgan fingerprint density at radius 3 is 3.07 bits per heavy atom. The molecule has 2 nitrogen and oxygen atoms in total. The maximum atomic E-state index is 4.51. The minimum absolute atomic E-state index is 1.02. The van der Waals surface area contributed by atoms with Gasteiger partial charge < -0.3 is 4.98 Å². The van der Waals surface area contributed by atoms with E-state index in [4.69, 9.17) is 0 Å². The lowest BCUT2D eigenvalue weighted by atomic mass is 10.00. The first-order valence-corrected chi connectivity index (χ1v) is 5.66. The molecule has 0 amide bonds. The summed E-state index contributed by atoms with van der Waals surface area (Å²) in [5, 5.41) is 0. The zero-order valence-electron chi connectivity index (χ0n) is 8.35. The second-order valence-electron chi connectivity index (χ2n) is 3.91. The summed E-state index contributed by atoms with van der Waals surface area (Å²) in [6.45, 7) is 4.20. The van der Waals surface area contributed by atoms with Gasteiger partial charge in [0, 0.05) is 28.3 Å². The third kappa shape index (κ3) is 1.12. The molecule has 2 aromatic rings. The molecule has 3 rings (SSSR count). The van der Waals surface area contributed by atoms with Crippen LogP contribution in [0.5, 0.6) is 0 Å². The van der Waals surface area contributed by atoms with E-state index in [0.717, 1.165) is 18.7 Å². The van der Waals surface area contributed by atoms with Crippen LogP contribution in [-0.4, -0.2) is 9.97 Å². The van der Waals surface area contributed by atoms with Gasteiger partial charge in [-0.15, -0.1) is 11.3 Å². The summed E-state index contributed by atoms with van der Waals surface area (Å²) in [4.78, 5) is 10.8. The van der Waals surface area contributed by atoms with E-state index < -0.39 is 0 Å². The van der Waals surface area contributed by atoms with Crippen LogP contribution in [0.1, 0.15) is 32.5 Å². The van der Waals surface area contributed by atoms with Gasteiger partial charge in [-0.1, -0.05) is 0 Å². The number of imidazole rings is 1. The smallest absolute Gasteiger partial charge is 0.103 e. The van der Waals surface area contributed by atoms with Crippen LogP contribution in [0.3, 0.4) is 0 Å². The standard InChI is InChI=1S/C11H12N2S/c1-6-3-8-4-9-10(5-11(8)14-6)13-7(2)12-9/h3H,4-5H2,1-2H3,(H,12,13). The number of H-pyrrole nitrogens is 1. The first-order chi connectivity index (χ1) is 6.72. The number of hydrogen-bond donors (Lipinski definition) is 1. The summed E-state index contributed by atoms with van der Waals surface area (Å²) in [5.41, 5.74) is 4.05. The van der Waals surface area contributed by atoms with E-state index >= 15 is 0 Å². The van der Waals surface area contributed by atoms with Crippen LogP contribution in [-0.2, 0) is 12.8 Å². The lowest BCUT2D eigenvalue weighted by Gasteiger charge is -2.09. The van der Waals surface area contributed by atoms with Gasteiger partial charge in [0.1, 0.15) is 5.82 Å². The monoisotopic (exact) mass is 204 g/mol. The molecule has 2 heterocycles. The number of aromatic nitrogens is 2. The summed E-state index contributed by atoms with van der Waals surface area (Å²) >= 11 is 1.91. The Bertz CT molecular complexity index is 408. The SMILES string of the molecule is Cc1nc2c([nH]1)Cc1cc(C)sc1C2. The van der Waals surface area contributed by atoms with E-state index in [9.17, 15) is 0 Å². The van der Waals surface area contributed by atoms with Gasteiger partial charge in [0.15, 0.2) is 0 Å². The van der Waals surface area contributed by atoms with Crippen molar-refractivity contribution in [3.05, 3.63) is 38.6 Å². The molecule has 0 unspecified atom stereocenters. The second kappa shape index (κ2) is 2.70. The lowest BCUT2D eigenvalue weighted by Crippen LogP contribution is -2.03. The van der Waals surface area contributed by atoms with E-state index in [2.05, 4.69) is 23.0 Å². The van der Waals surface area contributed by atoms with Gasteiger partial charge in [-0.2, -0.15) is 0 Å². The average Bonchev–Trinajstić information content (AvgIpc) is 2.59. The third-order valence-electron chi connectivity index (χ3n) is 2.70. The van der Waals surface area contributed by atoms with Gasteiger partial charge >= 0.3 is 0 Å². The van der Waals surface area contributed by atoms with E-state index in [0.29, 0.717) is 0 Å². The molecule has 1 aliphatic rings. The Morgan fingerprint density at radius 2 is 2.21 bits per heavy atom. The van der Waals surface area contributed by atoms with Crippen molar-refractivity contribution in [1.29, 1.82) is 0 Å². The van der Waals surface area contributed by atoms with Crippen molar-refractivity contribution < 1.29 is 0 Å². The zero-order valence-corrected chi connectivity index (χ0v) is 9.16. The predicted octanol–water partition coefficient (Wildman–Crippen LogP) is 2.58. The second-order valence-corrected chi connectivity index (χ2v) is 5.25. The molecule has 72 valence electrons. The molecular formula is C11H12N2S. The fraction of sp³-hybridized carbons (Fsp3) is 0.364. The summed E-state index contributed by atoms with van der Waals surface area (Å²) in [7, 11) is 0. The summed E-state index contributed by atoms with van der Waals surface area (Å²) in [6.07, 6.45) is 2.06. The van der Waals surface area contributed by atoms with Crippen molar-refractivity contribution in [1.82, 2.24) is 9.97 Å². The summed E-state index contributed by atoms with van der Waals surface area (Å²) in [5.74, 6) is 1.04. The molecule has 1 N–H and O–H groups in total. The van der Waals surface area contributed by atoms with Crippen LogP contribution in [0, 0.1) is 13.8 Å². The quantitative estimate of drug-likeness (QED) is 0.599. The van der Waals surface area contributed by atoms with Crippen molar-refractivity contribution >= 4 is 11.3 Å². The summed E-state index contributed by atoms with van der Waals surface area (Å²) in [6, 6.07) is 2.30. The number of aromatic amines is 1. The van der Waals surface area contributed by atoms with Crippen molar-refractivity contribution in [3.8, 4) is 0 Å². The normalized spacial score (nSPS) is 13.9. The number of hydrogen-bond acceptors (Lipinski definition) is 2. The molecule has 0 aromatic carbocycles. The molecule has 14 heavy (non-hydrogen) atoms. The van der Waals surface area contributed by atoms with Crippen molar-refractivity contribution in [2.75, 3.05) is 0 Å². The highest BCUT2D eigenvalue weighted by molar-refractivity contribution is 7.12. The highest BCUT2D eigenvalue weighted by atomic mass is 32.1. The van der Waals surface area contributed by atoms with Crippen molar-refractivity contribution in [2.24, 2.45) is 0 Å². The van der Waals surface area contributed by atoms with Gasteiger partial charge in [0.25, 0.3) is 0 Å². The number of fused-ring (bicyclic) bond motifs is 2. The van der Waals surface area contributed by atoms with E-state index in [-0.39, 0.29) is 0 Å². The van der Waals surface area contributed by atoms with Gasteiger partial charge in [-0.25, -0.2) is 4.98 Å². The maximum absolute atomic E-state index is 4.51. The first kappa shape index (κ1) is 8.24. The highest BCUT2D eigenvalue weighted by Gasteiger charge is 2.19. The zero-order chi connectivity index (χ0) is 9.71. The average molecular weight is 204 g/mol. The molecule has 0 fully saturated rings. The maximum Gasteiger partial charge on any atom is 0.103 e. The summed E-state index contributed by atoms with van der Waals surface area (Å²) < 4.78 is 0. The van der Waals surface area contributed by atoms with Crippen molar-refractivity contribution in [3.63, 3.8) is 0 Å². The predicted molar refractivity (Wildman–Crippen MR) is 58.0 cm³/mol. The molecule has 0 saturated heterocycles. The molecule has 0 aliphatic heterocycles. The minimum Gasteiger partial charge on any atom is -0.346 e. The third-order valence-corrected chi connectivity index (χ3v) is 3.79. The lowest BCUT2D eigenvalue weighted by molar-refractivity contribution is 0.975. The molecule has 2 aromatic heterocycles. The molecule has 0 saturated carbocycles. The molecule has 0 spiro atoms. The molecule has 0 radical (unpaired) electrons. The van der Waals surface area contributed by atoms with E-state index in [1.807, 2.05) is 18.3 Å². The van der Waals surface area contributed by atoms with Crippen LogP contribution in [0.15, 0.2) is 6.07 Å². The molecular weight excluding hydrogens is 192 g/mol. The van der Waals surface area contributed by atoms with Crippen LogP contribution in [0.4, 0.5) is 0 Å². The molecule has 0 bridgehead atoms. The molecule has 3 heteroatoms. The van der Waals surface area contributed by atoms with Gasteiger partial charge in [0.05, 0.1) is 5.69 Å². The van der Waals surface area contributed by atoms with Crippen LogP contribution >= 0.6 is 11.3 Å². The number of rotatable bonds is 0. The number of nitrogens with zero attached hydrogens (tertiary/aromatic N) is 1.